The molecule has 6 heteroatoms. The molecule has 0 aromatic carbocycles. The molecule has 2 aliphatic heterocycles. The molecule has 84 valence electrons. The number of hydrogen-bond donors (Lipinski definition) is 1. The topological polar surface area (TPSA) is 66.8 Å². The van der Waals surface area contributed by atoms with Crippen LogP contribution in [-0.2, 0) is 14.3 Å². The van der Waals surface area contributed by atoms with Crippen molar-refractivity contribution in [2.75, 3.05) is 13.7 Å². The van der Waals surface area contributed by atoms with Crippen LogP contribution in [-0.4, -0.2) is 35.6 Å². The van der Waals surface area contributed by atoms with Crippen molar-refractivity contribution in [3.8, 4) is 0 Å². The van der Waals surface area contributed by atoms with Gasteiger partial charge in [0, 0.05) is 5.41 Å². The zero-order valence-corrected chi connectivity index (χ0v) is 9.28. The predicted molar refractivity (Wildman–Crippen MR) is 58.2 cm³/mol. The number of rotatable bonds is 2. The molecule has 0 saturated carbocycles. The largest absolute Gasteiger partial charge is 0.478 e. The van der Waals surface area contributed by atoms with Crippen molar-refractivity contribution in [1.82, 2.24) is 4.90 Å². The number of carboxylic acid groups (broad SMARTS) is 1. The molecule has 0 aromatic rings. The third-order valence-electron chi connectivity index (χ3n) is 2.27. The standard InChI is InChI=1S/C10H9NO4S/c1-15-10(14)7-5-16-8-3-2-6(9(12)13)4-11(7)8/h2-3,5H,4H2,1H3,(H,12,13). The molecule has 0 aliphatic carbocycles. The Bertz CT molecular complexity index is 450. The molecule has 0 fully saturated rings. The number of hydrogen-bond acceptors (Lipinski definition) is 5. The van der Waals surface area contributed by atoms with Crippen LogP contribution in [0.25, 0.3) is 0 Å². The van der Waals surface area contributed by atoms with Crippen LogP contribution >= 0.6 is 11.8 Å². The van der Waals surface area contributed by atoms with Gasteiger partial charge in [-0.25, -0.2) is 9.59 Å². The van der Waals surface area contributed by atoms with Crippen LogP contribution < -0.4 is 0 Å². The van der Waals surface area contributed by atoms with E-state index in [9.17, 15) is 9.59 Å². The zero-order valence-electron chi connectivity index (χ0n) is 8.47. The number of nitrogens with zero attached hydrogens (tertiary/aromatic N) is 1. The van der Waals surface area contributed by atoms with E-state index in [4.69, 9.17) is 5.11 Å². The van der Waals surface area contributed by atoms with E-state index in [-0.39, 0.29) is 12.1 Å². The molecular formula is C10H9NO4S. The molecule has 1 N–H and O–H groups in total. The molecule has 0 aromatic heterocycles. The van der Waals surface area contributed by atoms with Crippen molar-refractivity contribution in [2.45, 2.75) is 0 Å². The average molecular weight is 239 g/mol. The summed E-state index contributed by atoms with van der Waals surface area (Å²) in [6, 6.07) is 0. The lowest BCUT2D eigenvalue weighted by Gasteiger charge is -2.24. The van der Waals surface area contributed by atoms with Gasteiger partial charge in [0.25, 0.3) is 0 Å². The maximum absolute atomic E-state index is 11.4. The second-order valence-electron chi connectivity index (χ2n) is 3.20. The van der Waals surface area contributed by atoms with E-state index in [1.165, 1.54) is 18.9 Å². The molecule has 0 radical (unpaired) electrons. The van der Waals surface area contributed by atoms with Crippen LogP contribution in [0.2, 0.25) is 0 Å². The molecular weight excluding hydrogens is 230 g/mol. The number of ether oxygens (including phenoxy) is 1. The summed E-state index contributed by atoms with van der Waals surface area (Å²) in [5, 5.41) is 11.4. The molecule has 2 rings (SSSR count). The summed E-state index contributed by atoms with van der Waals surface area (Å²) in [6.45, 7) is 0.190. The van der Waals surface area contributed by atoms with E-state index in [0.29, 0.717) is 5.70 Å². The highest BCUT2D eigenvalue weighted by Crippen LogP contribution is 2.37. The maximum Gasteiger partial charge on any atom is 0.355 e. The predicted octanol–water partition coefficient (Wildman–Crippen LogP) is 0.916. The number of carboxylic acids is 1. The van der Waals surface area contributed by atoms with E-state index in [1.807, 2.05) is 0 Å². The average Bonchev–Trinajstić information content (AvgIpc) is 2.70. The van der Waals surface area contributed by atoms with Crippen molar-refractivity contribution in [3.05, 3.63) is 33.9 Å². The lowest BCUT2D eigenvalue weighted by molar-refractivity contribution is -0.138. The summed E-state index contributed by atoms with van der Waals surface area (Å²) < 4.78 is 4.62. The minimum atomic E-state index is -0.976. The Hall–Kier alpha value is -1.69. The van der Waals surface area contributed by atoms with Gasteiger partial charge < -0.3 is 14.7 Å². The van der Waals surface area contributed by atoms with Gasteiger partial charge in [0.05, 0.1) is 24.3 Å². The van der Waals surface area contributed by atoms with Crippen LogP contribution in [0.4, 0.5) is 0 Å². The van der Waals surface area contributed by atoms with E-state index >= 15 is 0 Å². The SMILES string of the molecule is COC(=O)C1=CSC2=CC=C(C(=O)O)CN21. The minimum absolute atomic E-state index is 0.190. The highest BCUT2D eigenvalue weighted by atomic mass is 32.2. The van der Waals surface area contributed by atoms with E-state index in [1.54, 1.807) is 22.5 Å². The number of carbonyl (C=O) groups is 2. The number of methoxy groups -OCH3 is 1. The van der Waals surface area contributed by atoms with E-state index in [2.05, 4.69) is 4.74 Å². The van der Waals surface area contributed by atoms with Crippen molar-refractivity contribution in [2.24, 2.45) is 0 Å². The molecule has 0 amide bonds. The fraction of sp³-hybridized carbons (Fsp3) is 0.200. The molecule has 5 nitrogen and oxygen atoms in total. The van der Waals surface area contributed by atoms with Crippen molar-refractivity contribution in [1.29, 1.82) is 0 Å². The van der Waals surface area contributed by atoms with Crippen LogP contribution in [0.5, 0.6) is 0 Å². The monoisotopic (exact) mass is 239 g/mol. The lowest BCUT2D eigenvalue weighted by Crippen LogP contribution is -2.29. The van der Waals surface area contributed by atoms with E-state index in [0.717, 1.165) is 5.03 Å². The van der Waals surface area contributed by atoms with Gasteiger partial charge in [-0.3, -0.25) is 0 Å². The zero-order chi connectivity index (χ0) is 11.7. The molecule has 0 spiro atoms. The maximum atomic E-state index is 11.4. The summed E-state index contributed by atoms with van der Waals surface area (Å²) in [6.07, 6.45) is 3.24. The highest BCUT2D eigenvalue weighted by Gasteiger charge is 2.30. The Labute approximate surface area is 96.1 Å². The van der Waals surface area contributed by atoms with Gasteiger partial charge in [0.1, 0.15) is 5.70 Å². The fourth-order valence-corrected chi connectivity index (χ4v) is 2.34. The third-order valence-corrected chi connectivity index (χ3v) is 3.21. The van der Waals surface area contributed by atoms with E-state index < -0.39 is 11.9 Å². The highest BCUT2D eigenvalue weighted by molar-refractivity contribution is 8.06. The molecule has 0 saturated heterocycles. The number of fused-ring (bicyclic) bond motifs is 1. The van der Waals surface area contributed by atoms with Crippen molar-refractivity contribution in [3.63, 3.8) is 0 Å². The number of thioether (sulfide) groups is 1. The summed E-state index contributed by atoms with van der Waals surface area (Å²) in [7, 11) is 1.30. The first-order chi connectivity index (χ1) is 7.63. The Morgan fingerprint density at radius 3 is 2.88 bits per heavy atom. The molecule has 0 atom stereocenters. The minimum Gasteiger partial charge on any atom is -0.478 e. The van der Waals surface area contributed by atoms with Crippen molar-refractivity contribution >= 4 is 23.7 Å². The number of esters is 1. The number of aliphatic carboxylic acids is 1. The quantitative estimate of drug-likeness (QED) is 0.723. The second-order valence-corrected chi connectivity index (χ2v) is 4.09. The van der Waals surface area contributed by atoms with Gasteiger partial charge in [0.15, 0.2) is 0 Å². The Kier molecular flexibility index (Phi) is 2.74. The van der Waals surface area contributed by atoms with Gasteiger partial charge in [-0.15, -0.1) is 0 Å². The van der Waals surface area contributed by atoms with Gasteiger partial charge >= 0.3 is 11.9 Å². The Morgan fingerprint density at radius 1 is 1.50 bits per heavy atom. The van der Waals surface area contributed by atoms with Crippen LogP contribution in [0, 0.1) is 0 Å². The normalized spacial score (nSPS) is 18.3. The molecule has 2 aliphatic rings. The van der Waals surface area contributed by atoms with Crippen molar-refractivity contribution < 1.29 is 19.4 Å². The van der Waals surface area contributed by atoms with Gasteiger partial charge in [-0.1, -0.05) is 11.8 Å². The molecule has 0 bridgehead atoms. The van der Waals surface area contributed by atoms with Crippen LogP contribution in [0.15, 0.2) is 33.9 Å². The molecule has 16 heavy (non-hydrogen) atoms. The number of carbonyl (C=O) groups excluding carboxylic acids is 1. The summed E-state index contributed by atoms with van der Waals surface area (Å²) in [4.78, 5) is 23.9. The van der Waals surface area contributed by atoms with Gasteiger partial charge in [-0.2, -0.15) is 0 Å². The van der Waals surface area contributed by atoms with Gasteiger partial charge in [-0.05, 0) is 12.2 Å². The fourth-order valence-electron chi connectivity index (χ4n) is 1.45. The van der Waals surface area contributed by atoms with Crippen LogP contribution in [0.1, 0.15) is 0 Å². The molecule has 2 heterocycles. The number of allylic oxidation sites excluding steroid dienone is 2. The summed E-state index contributed by atoms with van der Waals surface area (Å²) in [5.41, 5.74) is 0.631. The first kappa shape index (κ1) is 10.8. The van der Waals surface area contributed by atoms with Gasteiger partial charge in [0.2, 0.25) is 0 Å². The third kappa shape index (κ3) is 1.71. The molecule has 0 unspecified atom stereocenters. The summed E-state index contributed by atoms with van der Waals surface area (Å²) in [5.74, 6) is -1.43. The Balaban J connectivity index is 2.24. The van der Waals surface area contributed by atoms with Crippen LogP contribution in [0.3, 0.4) is 0 Å². The second kappa shape index (κ2) is 4.05. The first-order valence-electron chi connectivity index (χ1n) is 4.50. The Morgan fingerprint density at radius 2 is 2.25 bits per heavy atom. The smallest absolute Gasteiger partial charge is 0.355 e. The summed E-state index contributed by atoms with van der Waals surface area (Å²) >= 11 is 1.38. The first-order valence-corrected chi connectivity index (χ1v) is 5.38. The lowest BCUT2D eigenvalue weighted by atomic mass is 10.2.